The molecule has 2 aromatic rings. The third kappa shape index (κ3) is 4.70. The van der Waals surface area contributed by atoms with Gasteiger partial charge in [0, 0.05) is 5.69 Å². The molecule has 1 aliphatic heterocycles. The molecule has 0 aromatic heterocycles. The SMILES string of the molecule is COC(=O)C1=C(C(=O)OC)N(c2cccc(COc3ccccc3Cl)c2)COC1. The molecule has 0 saturated heterocycles. The fourth-order valence-corrected chi connectivity index (χ4v) is 3.07. The van der Waals surface area contributed by atoms with Crippen molar-refractivity contribution in [3.8, 4) is 5.75 Å². The van der Waals surface area contributed by atoms with Crippen LogP contribution in [0.2, 0.25) is 5.02 Å². The van der Waals surface area contributed by atoms with E-state index in [1.165, 1.54) is 14.2 Å². The van der Waals surface area contributed by atoms with Gasteiger partial charge >= 0.3 is 11.9 Å². The maximum Gasteiger partial charge on any atom is 0.355 e. The summed E-state index contributed by atoms with van der Waals surface area (Å²) in [7, 11) is 2.50. The number of esters is 2. The molecule has 0 unspecified atom stereocenters. The number of ether oxygens (including phenoxy) is 4. The lowest BCUT2D eigenvalue weighted by atomic mass is 10.1. The number of rotatable bonds is 6. The average molecular weight is 418 g/mol. The van der Waals surface area contributed by atoms with E-state index in [0.29, 0.717) is 16.5 Å². The molecule has 0 amide bonds. The molecule has 0 saturated carbocycles. The molecular weight excluding hydrogens is 398 g/mol. The molecule has 0 spiro atoms. The molecule has 152 valence electrons. The van der Waals surface area contributed by atoms with Gasteiger partial charge in [-0.1, -0.05) is 35.9 Å². The molecule has 3 rings (SSSR count). The van der Waals surface area contributed by atoms with E-state index in [9.17, 15) is 9.59 Å². The Balaban J connectivity index is 1.89. The van der Waals surface area contributed by atoms with Crippen molar-refractivity contribution in [1.29, 1.82) is 0 Å². The zero-order valence-electron chi connectivity index (χ0n) is 16.0. The second-order valence-electron chi connectivity index (χ2n) is 6.10. The molecular formula is C21H20ClNO6. The lowest BCUT2D eigenvalue weighted by Gasteiger charge is -2.31. The van der Waals surface area contributed by atoms with Crippen molar-refractivity contribution >= 4 is 29.2 Å². The second-order valence-corrected chi connectivity index (χ2v) is 6.51. The van der Waals surface area contributed by atoms with Crippen LogP contribution in [0.4, 0.5) is 5.69 Å². The van der Waals surface area contributed by atoms with Gasteiger partial charge in [-0.2, -0.15) is 0 Å². The standard InChI is InChI=1S/C21H20ClNO6/c1-26-20(24)16-12-28-13-23(19(16)21(25)27-2)15-7-5-6-14(10-15)11-29-18-9-4-3-8-17(18)22/h3-10H,11-13H2,1-2H3. The van der Waals surface area contributed by atoms with Crippen molar-refractivity contribution < 1.29 is 28.5 Å². The molecule has 0 fully saturated rings. The molecule has 0 aliphatic carbocycles. The number of nitrogens with zero attached hydrogens (tertiary/aromatic N) is 1. The summed E-state index contributed by atoms with van der Waals surface area (Å²) in [5, 5.41) is 0.520. The van der Waals surface area contributed by atoms with Crippen LogP contribution in [0.3, 0.4) is 0 Å². The van der Waals surface area contributed by atoms with Crippen LogP contribution >= 0.6 is 11.6 Å². The molecule has 8 heteroatoms. The van der Waals surface area contributed by atoms with Gasteiger partial charge < -0.3 is 23.8 Å². The summed E-state index contributed by atoms with van der Waals surface area (Å²) >= 11 is 6.12. The molecule has 29 heavy (non-hydrogen) atoms. The van der Waals surface area contributed by atoms with Crippen molar-refractivity contribution in [2.45, 2.75) is 6.61 Å². The fraction of sp³-hybridized carbons (Fsp3) is 0.238. The molecule has 0 radical (unpaired) electrons. The van der Waals surface area contributed by atoms with E-state index in [2.05, 4.69) is 0 Å². The summed E-state index contributed by atoms with van der Waals surface area (Å²) in [6.45, 7) is 0.316. The van der Waals surface area contributed by atoms with Crippen molar-refractivity contribution in [3.05, 3.63) is 70.4 Å². The third-order valence-corrected chi connectivity index (χ3v) is 4.60. The predicted molar refractivity (Wildman–Crippen MR) is 107 cm³/mol. The minimum absolute atomic E-state index is 0.0388. The summed E-state index contributed by atoms with van der Waals surface area (Å²) in [5.74, 6) is -0.719. The van der Waals surface area contributed by atoms with E-state index in [4.69, 9.17) is 30.5 Å². The number of hydrogen-bond acceptors (Lipinski definition) is 7. The first-order valence-corrected chi connectivity index (χ1v) is 9.14. The normalized spacial score (nSPS) is 13.8. The largest absolute Gasteiger partial charge is 0.487 e. The lowest BCUT2D eigenvalue weighted by Crippen LogP contribution is -2.38. The van der Waals surface area contributed by atoms with Crippen LogP contribution in [-0.4, -0.2) is 39.5 Å². The molecule has 2 aromatic carbocycles. The van der Waals surface area contributed by atoms with Crippen LogP contribution in [-0.2, 0) is 30.4 Å². The zero-order valence-corrected chi connectivity index (χ0v) is 16.8. The van der Waals surface area contributed by atoms with Crippen molar-refractivity contribution in [2.75, 3.05) is 32.5 Å². The minimum atomic E-state index is -0.647. The topological polar surface area (TPSA) is 74.3 Å². The Morgan fingerprint density at radius 1 is 1.07 bits per heavy atom. The third-order valence-electron chi connectivity index (χ3n) is 4.29. The Labute approximate surface area is 173 Å². The van der Waals surface area contributed by atoms with Crippen molar-refractivity contribution in [2.24, 2.45) is 0 Å². The van der Waals surface area contributed by atoms with Crippen LogP contribution in [0.15, 0.2) is 59.8 Å². The van der Waals surface area contributed by atoms with Crippen molar-refractivity contribution in [1.82, 2.24) is 0 Å². The van der Waals surface area contributed by atoms with Gasteiger partial charge in [0.2, 0.25) is 0 Å². The van der Waals surface area contributed by atoms with Gasteiger partial charge in [0.1, 0.15) is 24.8 Å². The van der Waals surface area contributed by atoms with Crippen LogP contribution in [0.1, 0.15) is 5.56 Å². The van der Waals surface area contributed by atoms with Gasteiger partial charge in [-0.25, -0.2) is 9.59 Å². The highest BCUT2D eigenvalue weighted by molar-refractivity contribution is 6.32. The number of hydrogen-bond donors (Lipinski definition) is 0. The summed E-state index contributed by atoms with van der Waals surface area (Å²) in [6, 6.07) is 14.5. The van der Waals surface area contributed by atoms with Gasteiger partial charge in [0.25, 0.3) is 0 Å². The highest BCUT2D eigenvalue weighted by Gasteiger charge is 2.32. The Morgan fingerprint density at radius 3 is 2.55 bits per heavy atom. The number of para-hydroxylation sites is 1. The zero-order chi connectivity index (χ0) is 20.8. The number of methoxy groups -OCH3 is 2. The van der Waals surface area contributed by atoms with Gasteiger partial charge in [0.15, 0.2) is 0 Å². The predicted octanol–water partition coefficient (Wildman–Crippen LogP) is 3.31. The fourth-order valence-electron chi connectivity index (χ4n) is 2.88. The smallest absolute Gasteiger partial charge is 0.355 e. The highest BCUT2D eigenvalue weighted by atomic mass is 35.5. The van der Waals surface area contributed by atoms with E-state index in [1.807, 2.05) is 30.3 Å². The first-order chi connectivity index (χ1) is 14.0. The number of anilines is 1. The number of halogens is 1. The molecule has 0 atom stereocenters. The lowest BCUT2D eigenvalue weighted by molar-refractivity contribution is -0.140. The number of benzene rings is 2. The van der Waals surface area contributed by atoms with E-state index >= 15 is 0 Å². The summed E-state index contributed by atoms with van der Waals surface area (Å²) in [4.78, 5) is 26.1. The molecule has 1 aliphatic rings. The molecule has 0 N–H and O–H groups in total. The van der Waals surface area contributed by atoms with E-state index in [1.54, 1.807) is 23.1 Å². The summed E-state index contributed by atoms with van der Waals surface area (Å²) in [5.41, 5.74) is 1.68. The van der Waals surface area contributed by atoms with E-state index in [-0.39, 0.29) is 31.2 Å². The Bertz CT molecular complexity index is 942. The van der Waals surface area contributed by atoms with Crippen LogP contribution in [0.5, 0.6) is 5.75 Å². The average Bonchev–Trinajstić information content (AvgIpc) is 2.77. The minimum Gasteiger partial charge on any atom is -0.487 e. The van der Waals surface area contributed by atoms with Crippen LogP contribution in [0.25, 0.3) is 0 Å². The van der Waals surface area contributed by atoms with Crippen LogP contribution < -0.4 is 9.64 Å². The van der Waals surface area contributed by atoms with Crippen molar-refractivity contribution in [3.63, 3.8) is 0 Å². The Kier molecular flexibility index (Phi) is 6.74. The summed E-state index contributed by atoms with van der Waals surface area (Å²) < 4.78 is 20.9. The quantitative estimate of drug-likeness (QED) is 0.667. The maximum absolute atomic E-state index is 12.4. The molecule has 7 nitrogen and oxygen atoms in total. The molecule has 0 bridgehead atoms. The van der Waals surface area contributed by atoms with Gasteiger partial charge in [-0.05, 0) is 29.8 Å². The van der Waals surface area contributed by atoms with Crippen LogP contribution in [0, 0.1) is 0 Å². The van der Waals surface area contributed by atoms with Gasteiger partial charge in [0.05, 0.1) is 31.4 Å². The van der Waals surface area contributed by atoms with Gasteiger partial charge in [-0.3, -0.25) is 0 Å². The van der Waals surface area contributed by atoms with Gasteiger partial charge in [-0.15, -0.1) is 0 Å². The highest BCUT2D eigenvalue weighted by Crippen LogP contribution is 2.28. The second kappa shape index (κ2) is 9.45. The van der Waals surface area contributed by atoms with E-state index < -0.39 is 11.9 Å². The number of carbonyl (C=O) groups excluding carboxylic acids is 2. The summed E-state index contributed by atoms with van der Waals surface area (Å²) in [6.07, 6.45) is 0. The first kappa shape index (κ1) is 20.7. The molecule has 1 heterocycles. The Morgan fingerprint density at radius 2 is 1.83 bits per heavy atom. The van der Waals surface area contributed by atoms with E-state index in [0.717, 1.165) is 5.56 Å². The Hall–Kier alpha value is -3.03. The number of carbonyl (C=O) groups is 2. The monoisotopic (exact) mass is 417 g/mol. The first-order valence-electron chi connectivity index (χ1n) is 8.76. The maximum atomic E-state index is 12.4.